The first-order valence-corrected chi connectivity index (χ1v) is 6.70. The number of halogens is 3. The summed E-state index contributed by atoms with van der Waals surface area (Å²) in [5.74, 6) is -2.21. The number of amides is 1. The molecule has 5 nitrogen and oxygen atoms in total. The molecule has 1 aromatic carbocycles. The van der Waals surface area contributed by atoms with E-state index in [1.807, 2.05) is 0 Å². The second-order valence-electron chi connectivity index (χ2n) is 5.97. The van der Waals surface area contributed by atoms with Crippen LogP contribution in [0.4, 0.5) is 13.2 Å². The molecule has 0 radical (unpaired) electrons. The van der Waals surface area contributed by atoms with Gasteiger partial charge in [-0.3, -0.25) is 4.79 Å². The van der Waals surface area contributed by atoms with Crippen LogP contribution in [0.1, 0.15) is 31.9 Å². The van der Waals surface area contributed by atoms with E-state index in [2.05, 4.69) is 5.32 Å². The minimum atomic E-state index is -4.53. The fraction of sp³-hybridized carbons (Fsp3) is 0.467. The van der Waals surface area contributed by atoms with Crippen molar-refractivity contribution in [3.63, 3.8) is 0 Å². The highest BCUT2D eigenvalue weighted by Crippen LogP contribution is 2.32. The third-order valence-corrected chi connectivity index (χ3v) is 3.53. The Kier molecular flexibility index (Phi) is 5.10. The van der Waals surface area contributed by atoms with Crippen molar-refractivity contribution in [2.45, 2.75) is 38.0 Å². The van der Waals surface area contributed by atoms with Gasteiger partial charge in [-0.2, -0.15) is 13.2 Å². The highest BCUT2D eigenvalue weighted by molar-refractivity contribution is 5.88. The van der Waals surface area contributed by atoms with E-state index in [0.29, 0.717) is 0 Å². The molecule has 0 saturated carbocycles. The summed E-state index contributed by atoms with van der Waals surface area (Å²) < 4.78 is 38.3. The third kappa shape index (κ3) is 4.44. The first-order chi connectivity index (χ1) is 10.3. The van der Waals surface area contributed by atoms with Gasteiger partial charge in [0.15, 0.2) is 5.60 Å². The molecule has 23 heavy (non-hydrogen) atoms. The highest BCUT2D eigenvalue weighted by atomic mass is 19.4. The lowest BCUT2D eigenvalue weighted by Crippen LogP contribution is -2.50. The lowest BCUT2D eigenvalue weighted by molar-refractivity contribution is -0.156. The highest BCUT2D eigenvalue weighted by Gasteiger charge is 2.37. The molecule has 0 aromatic heterocycles. The molecule has 3 N–H and O–H groups in total. The van der Waals surface area contributed by atoms with Crippen molar-refractivity contribution in [3.8, 4) is 0 Å². The number of carboxylic acid groups (broad SMARTS) is 1. The molecule has 0 aliphatic carbocycles. The van der Waals surface area contributed by atoms with Gasteiger partial charge >= 0.3 is 12.1 Å². The molecule has 0 aliphatic heterocycles. The molecular weight excluding hydrogens is 315 g/mol. The molecule has 0 saturated heterocycles. The van der Waals surface area contributed by atoms with Gasteiger partial charge in [0.05, 0.1) is 17.5 Å². The second-order valence-corrected chi connectivity index (χ2v) is 5.97. The molecule has 1 atom stereocenters. The predicted molar refractivity (Wildman–Crippen MR) is 75.7 cm³/mol. The van der Waals surface area contributed by atoms with E-state index in [1.165, 1.54) is 26.0 Å². The Morgan fingerprint density at radius 3 is 2.13 bits per heavy atom. The summed E-state index contributed by atoms with van der Waals surface area (Å²) in [7, 11) is 0. The van der Waals surface area contributed by atoms with Crippen molar-refractivity contribution in [2.24, 2.45) is 0 Å². The van der Waals surface area contributed by atoms with Crippen LogP contribution < -0.4 is 5.32 Å². The normalized spacial score (nSPS) is 14.9. The van der Waals surface area contributed by atoms with Crippen molar-refractivity contribution in [1.29, 1.82) is 0 Å². The maximum Gasteiger partial charge on any atom is 0.416 e. The van der Waals surface area contributed by atoms with Crippen molar-refractivity contribution in [2.75, 3.05) is 6.54 Å². The molecule has 0 spiro atoms. The van der Waals surface area contributed by atoms with Gasteiger partial charge in [-0.25, -0.2) is 4.79 Å². The average molecular weight is 333 g/mol. The Morgan fingerprint density at radius 1 is 1.13 bits per heavy atom. The van der Waals surface area contributed by atoms with Crippen LogP contribution in [0.5, 0.6) is 0 Å². The fourth-order valence-electron chi connectivity index (χ4n) is 1.76. The number of rotatable bonds is 5. The number of hydrogen-bond donors (Lipinski definition) is 3. The number of carboxylic acids is 1. The fourth-order valence-corrected chi connectivity index (χ4v) is 1.76. The zero-order valence-corrected chi connectivity index (χ0v) is 12.9. The zero-order chi connectivity index (χ0) is 18.1. The topological polar surface area (TPSA) is 86.6 Å². The number of carbonyl (C=O) groups excluding carboxylic acids is 1. The minimum absolute atomic E-state index is 0.125. The smallest absolute Gasteiger partial charge is 0.416 e. The summed E-state index contributed by atoms with van der Waals surface area (Å²) in [5.41, 5.74) is -4.26. The maximum atomic E-state index is 12.8. The molecule has 1 amide bonds. The van der Waals surface area contributed by atoms with Crippen molar-refractivity contribution >= 4 is 11.9 Å². The Bertz CT molecular complexity index is 609. The summed E-state index contributed by atoms with van der Waals surface area (Å²) >= 11 is 0. The Balaban J connectivity index is 2.98. The lowest BCUT2D eigenvalue weighted by Gasteiger charge is -2.27. The van der Waals surface area contributed by atoms with Crippen LogP contribution in [0.15, 0.2) is 24.3 Å². The number of alkyl halides is 3. The Morgan fingerprint density at radius 2 is 1.65 bits per heavy atom. The monoisotopic (exact) mass is 333 g/mol. The van der Waals surface area contributed by atoms with Crippen LogP contribution in [0.2, 0.25) is 0 Å². The third-order valence-electron chi connectivity index (χ3n) is 3.53. The van der Waals surface area contributed by atoms with E-state index >= 15 is 0 Å². The molecule has 8 heteroatoms. The number of nitrogens with one attached hydrogen (secondary N) is 1. The molecule has 1 unspecified atom stereocenters. The van der Waals surface area contributed by atoms with E-state index in [-0.39, 0.29) is 5.56 Å². The summed E-state index contributed by atoms with van der Waals surface area (Å²) in [5, 5.41) is 20.6. The molecular formula is C15H18F3NO4. The zero-order valence-electron chi connectivity index (χ0n) is 12.9. The first-order valence-electron chi connectivity index (χ1n) is 6.70. The van der Waals surface area contributed by atoms with Gasteiger partial charge in [0.25, 0.3) is 0 Å². The second kappa shape index (κ2) is 6.19. The van der Waals surface area contributed by atoms with Gasteiger partial charge in [0.1, 0.15) is 0 Å². The summed E-state index contributed by atoms with van der Waals surface area (Å²) in [4.78, 5) is 23.0. The van der Waals surface area contributed by atoms with Gasteiger partial charge < -0.3 is 15.5 Å². The van der Waals surface area contributed by atoms with Gasteiger partial charge in [-0.15, -0.1) is 0 Å². The molecule has 0 heterocycles. The van der Waals surface area contributed by atoms with Crippen LogP contribution in [-0.4, -0.2) is 34.2 Å². The number of carbonyl (C=O) groups is 2. The number of aliphatic carboxylic acids is 1. The summed E-state index contributed by atoms with van der Waals surface area (Å²) in [6.07, 6.45) is -4.53. The van der Waals surface area contributed by atoms with Gasteiger partial charge in [-0.05, 0) is 32.4 Å². The van der Waals surface area contributed by atoms with Crippen LogP contribution in [-0.2, 0) is 21.2 Å². The quantitative estimate of drug-likeness (QED) is 0.768. The molecule has 0 bridgehead atoms. The largest absolute Gasteiger partial charge is 0.479 e. The van der Waals surface area contributed by atoms with Crippen LogP contribution in [0, 0.1) is 0 Å². The average Bonchev–Trinajstić information content (AvgIpc) is 2.43. The SMILES string of the molecule is CC(O)(CNC(=O)C(C)(C)c1cccc(C(F)(F)F)c1)C(=O)O. The van der Waals surface area contributed by atoms with Gasteiger partial charge in [0, 0.05) is 0 Å². The number of benzene rings is 1. The summed E-state index contributed by atoms with van der Waals surface area (Å²) in [6.45, 7) is 3.26. The Labute approximate surface area is 131 Å². The van der Waals surface area contributed by atoms with Crippen LogP contribution in [0.3, 0.4) is 0 Å². The number of hydrogen-bond acceptors (Lipinski definition) is 3. The van der Waals surface area contributed by atoms with Gasteiger partial charge in [0.2, 0.25) is 5.91 Å². The van der Waals surface area contributed by atoms with Crippen molar-refractivity contribution in [1.82, 2.24) is 5.32 Å². The van der Waals surface area contributed by atoms with Crippen LogP contribution >= 0.6 is 0 Å². The van der Waals surface area contributed by atoms with Crippen molar-refractivity contribution < 1.29 is 33.0 Å². The number of aliphatic hydroxyl groups is 1. The maximum absolute atomic E-state index is 12.8. The van der Waals surface area contributed by atoms with E-state index < -0.39 is 41.2 Å². The van der Waals surface area contributed by atoms with Crippen LogP contribution in [0.25, 0.3) is 0 Å². The molecule has 0 aliphatic rings. The van der Waals surface area contributed by atoms with E-state index in [0.717, 1.165) is 19.1 Å². The van der Waals surface area contributed by atoms with E-state index in [1.54, 1.807) is 0 Å². The Hall–Kier alpha value is -2.09. The predicted octanol–water partition coefficient (Wildman–Crippen LogP) is 1.93. The van der Waals surface area contributed by atoms with Crippen molar-refractivity contribution in [3.05, 3.63) is 35.4 Å². The molecule has 0 fully saturated rings. The molecule has 1 aromatic rings. The summed E-state index contributed by atoms with van der Waals surface area (Å²) in [6, 6.07) is 4.34. The molecule has 128 valence electrons. The minimum Gasteiger partial charge on any atom is -0.479 e. The lowest BCUT2D eigenvalue weighted by atomic mass is 9.82. The standard InChI is InChI=1S/C15H18F3NO4/c1-13(2,11(20)19-8-14(3,23)12(21)22)9-5-4-6-10(7-9)15(16,17)18/h4-7,23H,8H2,1-3H3,(H,19,20)(H,21,22). The first kappa shape index (κ1) is 19.0. The van der Waals surface area contributed by atoms with Gasteiger partial charge in [-0.1, -0.05) is 18.2 Å². The molecule has 1 rings (SSSR count). The van der Waals surface area contributed by atoms with E-state index in [4.69, 9.17) is 5.11 Å². The van der Waals surface area contributed by atoms with E-state index in [9.17, 15) is 27.9 Å².